The molecule has 0 bridgehead atoms. The van der Waals surface area contributed by atoms with Crippen molar-refractivity contribution in [1.82, 2.24) is 4.90 Å². The number of carbonyl (C=O) groups is 2. The number of anilines is 1. The average molecular weight is 408 g/mol. The molecule has 158 valence electrons. The lowest BCUT2D eigenvalue weighted by Crippen LogP contribution is -2.41. The van der Waals surface area contributed by atoms with Crippen LogP contribution in [0.25, 0.3) is 0 Å². The number of nitrogens with zero attached hydrogens (tertiary/aromatic N) is 2. The molecule has 0 unspecified atom stereocenters. The molecule has 6 nitrogen and oxygen atoms in total. The third-order valence-corrected chi connectivity index (χ3v) is 5.71. The number of hydrogen-bond acceptors (Lipinski definition) is 4. The second-order valence-electron chi connectivity index (χ2n) is 7.79. The van der Waals surface area contributed by atoms with Crippen LogP contribution >= 0.6 is 0 Å². The maximum atomic E-state index is 12.9. The maximum absolute atomic E-state index is 12.9. The Morgan fingerprint density at radius 3 is 2.57 bits per heavy atom. The summed E-state index contributed by atoms with van der Waals surface area (Å²) >= 11 is 0. The fraction of sp³-hybridized carbons (Fsp3) is 0.417. The van der Waals surface area contributed by atoms with Gasteiger partial charge in [-0.1, -0.05) is 30.3 Å². The van der Waals surface area contributed by atoms with Gasteiger partial charge in [0.2, 0.25) is 5.91 Å². The highest BCUT2D eigenvalue weighted by molar-refractivity contribution is 5.95. The SMILES string of the molecule is COc1ccccc1OCC(=O)N(CCC(=O)N1CCCc2ccccc21)C1CC1. The van der Waals surface area contributed by atoms with Gasteiger partial charge < -0.3 is 19.3 Å². The van der Waals surface area contributed by atoms with Crippen LogP contribution in [0.5, 0.6) is 11.5 Å². The van der Waals surface area contributed by atoms with Crippen molar-refractivity contribution in [3.8, 4) is 11.5 Å². The Labute approximate surface area is 177 Å². The molecule has 0 radical (unpaired) electrons. The molecule has 1 saturated carbocycles. The van der Waals surface area contributed by atoms with Crippen molar-refractivity contribution in [2.45, 2.75) is 38.1 Å². The van der Waals surface area contributed by atoms with Crippen molar-refractivity contribution in [2.24, 2.45) is 0 Å². The van der Waals surface area contributed by atoms with E-state index in [1.54, 1.807) is 19.2 Å². The molecule has 2 aromatic rings. The van der Waals surface area contributed by atoms with Crippen LogP contribution in [-0.4, -0.2) is 49.6 Å². The van der Waals surface area contributed by atoms with Crippen molar-refractivity contribution in [1.29, 1.82) is 0 Å². The summed E-state index contributed by atoms with van der Waals surface area (Å²) in [7, 11) is 1.57. The summed E-state index contributed by atoms with van der Waals surface area (Å²) in [6.45, 7) is 1.11. The Hall–Kier alpha value is -3.02. The van der Waals surface area contributed by atoms with Crippen LogP contribution in [0.15, 0.2) is 48.5 Å². The Kier molecular flexibility index (Phi) is 6.21. The minimum atomic E-state index is -0.0877. The molecule has 30 heavy (non-hydrogen) atoms. The first-order valence-corrected chi connectivity index (χ1v) is 10.6. The van der Waals surface area contributed by atoms with Gasteiger partial charge >= 0.3 is 0 Å². The summed E-state index contributed by atoms with van der Waals surface area (Å²) in [6.07, 6.45) is 4.28. The van der Waals surface area contributed by atoms with Gasteiger partial charge in [0.1, 0.15) is 0 Å². The fourth-order valence-corrected chi connectivity index (χ4v) is 4.00. The lowest BCUT2D eigenvalue weighted by Gasteiger charge is -2.30. The zero-order valence-electron chi connectivity index (χ0n) is 17.4. The van der Waals surface area contributed by atoms with E-state index >= 15 is 0 Å². The van der Waals surface area contributed by atoms with Gasteiger partial charge in [0.15, 0.2) is 18.1 Å². The van der Waals surface area contributed by atoms with Crippen molar-refractivity contribution in [3.63, 3.8) is 0 Å². The molecule has 6 heteroatoms. The average Bonchev–Trinajstić information content (AvgIpc) is 3.62. The molecule has 0 atom stereocenters. The first-order valence-electron chi connectivity index (χ1n) is 10.6. The zero-order valence-corrected chi connectivity index (χ0v) is 17.4. The van der Waals surface area contributed by atoms with Gasteiger partial charge in [0, 0.05) is 31.2 Å². The first-order chi connectivity index (χ1) is 14.7. The molecule has 0 saturated heterocycles. The Morgan fingerprint density at radius 1 is 1.07 bits per heavy atom. The molecular formula is C24H28N2O4. The third kappa shape index (κ3) is 4.58. The fourth-order valence-electron chi connectivity index (χ4n) is 4.00. The lowest BCUT2D eigenvalue weighted by atomic mass is 10.0. The number of benzene rings is 2. The summed E-state index contributed by atoms with van der Waals surface area (Å²) in [4.78, 5) is 29.4. The number of aryl methyl sites for hydroxylation is 1. The number of fused-ring (bicyclic) bond motifs is 1. The van der Waals surface area contributed by atoms with Crippen LogP contribution in [0, 0.1) is 0 Å². The number of rotatable bonds is 8. The highest BCUT2D eigenvalue weighted by Crippen LogP contribution is 2.30. The van der Waals surface area contributed by atoms with E-state index in [9.17, 15) is 9.59 Å². The van der Waals surface area contributed by atoms with E-state index in [0.717, 1.165) is 37.9 Å². The molecule has 0 aromatic heterocycles. The molecule has 1 heterocycles. The number of hydrogen-bond donors (Lipinski definition) is 0. The van der Waals surface area contributed by atoms with E-state index in [4.69, 9.17) is 9.47 Å². The predicted molar refractivity (Wildman–Crippen MR) is 115 cm³/mol. The van der Waals surface area contributed by atoms with Gasteiger partial charge in [0.25, 0.3) is 5.91 Å². The quantitative estimate of drug-likeness (QED) is 0.671. The number of carbonyl (C=O) groups excluding carboxylic acids is 2. The van der Waals surface area contributed by atoms with Crippen LogP contribution in [0.1, 0.15) is 31.2 Å². The molecule has 2 amide bonds. The molecule has 1 aliphatic heterocycles. The monoisotopic (exact) mass is 408 g/mol. The molecular weight excluding hydrogens is 380 g/mol. The van der Waals surface area contributed by atoms with Crippen LogP contribution in [-0.2, 0) is 16.0 Å². The third-order valence-electron chi connectivity index (χ3n) is 5.71. The summed E-state index contributed by atoms with van der Waals surface area (Å²) in [5.41, 5.74) is 2.23. The van der Waals surface area contributed by atoms with Crippen LogP contribution in [0.2, 0.25) is 0 Å². The maximum Gasteiger partial charge on any atom is 0.260 e. The number of ether oxygens (including phenoxy) is 2. The Bertz CT molecular complexity index is 910. The van der Waals surface area contributed by atoms with Gasteiger partial charge in [-0.3, -0.25) is 9.59 Å². The zero-order chi connectivity index (χ0) is 20.9. The number of para-hydroxylation sites is 3. The van der Waals surface area contributed by atoms with Crippen molar-refractivity contribution in [2.75, 3.05) is 31.7 Å². The second kappa shape index (κ2) is 9.20. The molecule has 1 aliphatic carbocycles. The largest absolute Gasteiger partial charge is 0.493 e. The first kappa shape index (κ1) is 20.3. The Balaban J connectivity index is 1.35. The number of amides is 2. The summed E-state index contributed by atoms with van der Waals surface area (Å²) < 4.78 is 11.0. The molecule has 0 spiro atoms. The molecule has 4 rings (SSSR count). The van der Waals surface area contributed by atoms with Gasteiger partial charge in [0.05, 0.1) is 7.11 Å². The van der Waals surface area contributed by atoms with E-state index in [0.29, 0.717) is 24.5 Å². The Morgan fingerprint density at radius 2 is 1.80 bits per heavy atom. The summed E-state index contributed by atoms with van der Waals surface area (Å²) in [5.74, 6) is 1.13. The molecule has 0 N–H and O–H groups in total. The highest BCUT2D eigenvalue weighted by atomic mass is 16.5. The van der Waals surface area contributed by atoms with Crippen LogP contribution < -0.4 is 14.4 Å². The van der Waals surface area contributed by atoms with Crippen molar-refractivity contribution >= 4 is 17.5 Å². The lowest BCUT2D eigenvalue weighted by molar-refractivity contribution is -0.134. The van der Waals surface area contributed by atoms with Gasteiger partial charge in [-0.2, -0.15) is 0 Å². The smallest absolute Gasteiger partial charge is 0.260 e. The minimum Gasteiger partial charge on any atom is -0.493 e. The number of methoxy groups -OCH3 is 1. The van der Waals surface area contributed by atoms with E-state index in [2.05, 4.69) is 6.07 Å². The molecule has 2 aliphatic rings. The second-order valence-corrected chi connectivity index (χ2v) is 7.79. The normalized spacial score (nSPS) is 15.3. The minimum absolute atomic E-state index is 0.0579. The van der Waals surface area contributed by atoms with E-state index < -0.39 is 0 Å². The van der Waals surface area contributed by atoms with Gasteiger partial charge in [-0.15, -0.1) is 0 Å². The summed E-state index contributed by atoms with van der Waals surface area (Å²) in [5, 5.41) is 0. The van der Waals surface area contributed by atoms with Gasteiger partial charge in [-0.25, -0.2) is 0 Å². The summed E-state index contributed by atoms with van der Waals surface area (Å²) in [6, 6.07) is 15.6. The standard InChI is InChI=1S/C24H28N2O4/c1-29-21-10-4-5-11-22(21)30-17-24(28)25(19-12-13-19)16-14-23(27)26-15-6-8-18-7-2-3-9-20(18)26/h2-5,7,9-11,19H,6,8,12-17H2,1H3. The predicted octanol–water partition coefficient (Wildman–Crippen LogP) is 3.43. The van der Waals surface area contributed by atoms with Crippen molar-refractivity contribution < 1.29 is 19.1 Å². The van der Waals surface area contributed by atoms with E-state index in [1.165, 1.54) is 5.56 Å². The van der Waals surface area contributed by atoms with Crippen molar-refractivity contribution in [3.05, 3.63) is 54.1 Å². The molecule has 2 aromatic carbocycles. The highest BCUT2D eigenvalue weighted by Gasteiger charge is 2.33. The molecule has 1 fully saturated rings. The van der Waals surface area contributed by atoms with E-state index in [-0.39, 0.29) is 24.5 Å². The topological polar surface area (TPSA) is 59.1 Å². The van der Waals surface area contributed by atoms with Crippen LogP contribution in [0.3, 0.4) is 0 Å². The van der Waals surface area contributed by atoms with Gasteiger partial charge in [-0.05, 0) is 49.4 Å². The van der Waals surface area contributed by atoms with Crippen LogP contribution in [0.4, 0.5) is 5.69 Å². The van der Waals surface area contributed by atoms with E-state index in [1.807, 2.05) is 40.1 Å².